The van der Waals surface area contributed by atoms with Crippen LogP contribution in [0, 0.1) is 29.4 Å². The molecule has 1 unspecified atom stereocenters. The molecular weight excluding hydrogens is 204 g/mol. The first-order valence-corrected chi connectivity index (χ1v) is 5.00. The Kier molecular flexibility index (Phi) is 3.90. The number of para-hydroxylation sites is 1. The third-order valence-corrected chi connectivity index (χ3v) is 2.26. The lowest BCUT2D eigenvalue weighted by Gasteiger charge is -2.14. The summed E-state index contributed by atoms with van der Waals surface area (Å²) < 4.78 is 0. The van der Waals surface area contributed by atoms with Gasteiger partial charge in [-0.05, 0) is 19.4 Å². The minimum Gasteiger partial charge on any atom is -0.376 e. The van der Waals surface area contributed by atoms with Crippen molar-refractivity contribution in [3.05, 3.63) is 33.9 Å². The average molecular weight is 218 g/mol. The average Bonchev–Trinajstić information content (AvgIpc) is 2.21. The molecule has 1 rings (SSSR count). The minimum atomic E-state index is -0.391. The molecule has 0 aliphatic carbocycles. The molecule has 4 heteroatoms. The Morgan fingerprint density at radius 1 is 1.62 bits per heavy atom. The molecule has 1 atom stereocenters. The lowest BCUT2D eigenvalue weighted by molar-refractivity contribution is -0.384. The van der Waals surface area contributed by atoms with E-state index in [1.54, 1.807) is 6.07 Å². The SMILES string of the molecule is C#CCC(C)Nc1c(C)cccc1[N+](=O)[O-]. The summed E-state index contributed by atoms with van der Waals surface area (Å²) in [4.78, 5) is 10.4. The van der Waals surface area contributed by atoms with Crippen LogP contribution >= 0.6 is 0 Å². The lowest BCUT2D eigenvalue weighted by atomic mass is 10.1. The molecule has 0 amide bonds. The molecule has 1 aromatic rings. The topological polar surface area (TPSA) is 55.2 Å². The fraction of sp³-hybridized carbons (Fsp3) is 0.333. The molecule has 4 nitrogen and oxygen atoms in total. The Morgan fingerprint density at radius 3 is 2.88 bits per heavy atom. The van der Waals surface area contributed by atoms with Crippen molar-refractivity contribution in [3.8, 4) is 12.3 Å². The van der Waals surface area contributed by atoms with E-state index in [9.17, 15) is 10.1 Å². The molecule has 0 aliphatic rings. The second-order valence-electron chi connectivity index (χ2n) is 3.68. The van der Waals surface area contributed by atoms with Gasteiger partial charge in [-0.3, -0.25) is 10.1 Å². The zero-order valence-electron chi connectivity index (χ0n) is 9.36. The van der Waals surface area contributed by atoms with Crippen LogP contribution in [0.1, 0.15) is 18.9 Å². The third kappa shape index (κ3) is 2.74. The maximum atomic E-state index is 10.8. The predicted molar refractivity (Wildman–Crippen MR) is 64.4 cm³/mol. The van der Waals surface area contributed by atoms with Crippen LogP contribution in [0.5, 0.6) is 0 Å². The molecule has 1 aromatic carbocycles. The van der Waals surface area contributed by atoms with E-state index in [1.807, 2.05) is 19.9 Å². The molecule has 84 valence electrons. The lowest BCUT2D eigenvalue weighted by Crippen LogP contribution is -2.16. The molecule has 0 fully saturated rings. The van der Waals surface area contributed by atoms with E-state index in [2.05, 4.69) is 11.2 Å². The maximum absolute atomic E-state index is 10.8. The van der Waals surface area contributed by atoms with E-state index >= 15 is 0 Å². The van der Waals surface area contributed by atoms with Crippen LogP contribution in [0.15, 0.2) is 18.2 Å². The van der Waals surface area contributed by atoms with E-state index < -0.39 is 4.92 Å². The molecule has 1 N–H and O–H groups in total. The van der Waals surface area contributed by atoms with Crippen molar-refractivity contribution in [2.24, 2.45) is 0 Å². The highest BCUT2D eigenvalue weighted by Gasteiger charge is 2.16. The Balaban J connectivity index is 3.02. The van der Waals surface area contributed by atoms with Gasteiger partial charge in [0.15, 0.2) is 0 Å². The largest absolute Gasteiger partial charge is 0.376 e. The Labute approximate surface area is 94.8 Å². The fourth-order valence-corrected chi connectivity index (χ4v) is 1.47. The van der Waals surface area contributed by atoms with Gasteiger partial charge >= 0.3 is 0 Å². The van der Waals surface area contributed by atoms with Gasteiger partial charge in [0.1, 0.15) is 5.69 Å². The molecule has 0 saturated carbocycles. The van der Waals surface area contributed by atoms with E-state index in [-0.39, 0.29) is 11.7 Å². The molecule has 0 radical (unpaired) electrons. The number of nitrogens with one attached hydrogen (secondary N) is 1. The number of nitrogens with zero attached hydrogens (tertiary/aromatic N) is 1. The summed E-state index contributed by atoms with van der Waals surface area (Å²) in [7, 11) is 0. The summed E-state index contributed by atoms with van der Waals surface area (Å²) in [5.74, 6) is 2.52. The zero-order valence-corrected chi connectivity index (χ0v) is 9.36. The number of nitro benzene ring substituents is 1. The molecule has 0 saturated heterocycles. The van der Waals surface area contributed by atoms with Crippen LogP contribution in [0.2, 0.25) is 0 Å². The van der Waals surface area contributed by atoms with Gasteiger partial charge in [-0.2, -0.15) is 0 Å². The van der Waals surface area contributed by atoms with Gasteiger partial charge in [0.05, 0.1) is 4.92 Å². The van der Waals surface area contributed by atoms with Crippen molar-refractivity contribution < 1.29 is 4.92 Å². The highest BCUT2D eigenvalue weighted by atomic mass is 16.6. The summed E-state index contributed by atoms with van der Waals surface area (Å²) >= 11 is 0. The van der Waals surface area contributed by atoms with E-state index in [0.29, 0.717) is 12.1 Å². The second kappa shape index (κ2) is 5.17. The van der Waals surface area contributed by atoms with Crippen LogP contribution in [0.25, 0.3) is 0 Å². The number of hydrogen-bond donors (Lipinski definition) is 1. The first-order chi connectivity index (χ1) is 7.56. The van der Waals surface area contributed by atoms with Crippen LogP contribution in [0.3, 0.4) is 0 Å². The first kappa shape index (κ1) is 12.1. The highest BCUT2D eigenvalue weighted by Crippen LogP contribution is 2.28. The Morgan fingerprint density at radius 2 is 2.31 bits per heavy atom. The van der Waals surface area contributed by atoms with Gasteiger partial charge in [-0.25, -0.2) is 0 Å². The van der Waals surface area contributed by atoms with Crippen LogP contribution < -0.4 is 5.32 Å². The van der Waals surface area contributed by atoms with Gasteiger partial charge in [-0.15, -0.1) is 12.3 Å². The summed E-state index contributed by atoms with van der Waals surface area (Å²) in [6.45, 7) is 3.73. The predicted octanol–water partition coefficient (Wildman–Crippen LogP) is 2.73. The number of hydrogen-bond acceptors (Lipinski definition) is 3. The number of aryl methyl sites for hydroxylation is 1. The van der Waals surface area contributed by atoms with Crippen molar-refractivity contribution in [2.75, 3.05) is 5.32 Å². The number of nitro groups is 1. The van der Waals surface area contributed by atoms with Crippen molar-refractivity contribution in [3.63, 3.8) is 0 Å². The quantitative estimate of drug-likeness (QED) is 0.480. The summed E-state index contributed by atoms with van der Waals surface area (Å²) in [6.07, 6.45) is 5.73. The molecular formula is C12H14N2O2. The summed E-state index contributed by atoms with van der Waals surface area (Å²) in [5, 5.41) is 13.9. The van der Waals surface area contributed by atoms with Gasteiger partial charge in [0.25, 0.3) is 5.69 Å². The van der Waals surface area contributed by atoms with Crippen LogP contribution in [0.4, 0.5) is 11.4 Å². The van der Waals surface area contributed by atoms with Crippen molar-refractivity contribution in [2.45, 2.75) is 26.3 Å². The molecule has 0 aliphatic heterocycles. The third-order valence-electron chi connectivity index (χ3n) is 2.26. The van der Waals surface area contributed by atoms with Crippen molar-refractivity contribution in [1.82, 2.24) is 0 Å². The van der Waals surface area contributed by atoms with E-state index in [0.717, 1.165) is 5.56 Å². The first-order valence-electron chi connectivity index (χ1n) is 5.00. The number of anilines is 1. The van der Waals surface area contributed by atoms with Gasteiger partial charge in [0.2, 0.25) is 0 Å². The monoisotopic (exact) mass is 218 g/mol. The molecule has 0 bridgehead atoms. The minimum absolute atomic E-state index is 0.0183. The fourth-order valence-electron chi connectivity index (χ4n) is 1.47. The number of rotatable bonds is 4. The zero-order chi connectivity index (χ0) is 12.1. The van der Waals surface area contributed by atoms with E-state index in [4.69, 9.17) is 6.42 Å². The summed E-state index contributed by atoms with van der Waals surface area (Å²) in [6, 6.07) is 5.00. The number of terminal acetylenes is 1. The molecule has 0 heterocycles. The molecule has 0 aromatic heterocycles. The van der Waals surface area contributed by atoms with Gasteiger partial charge < -0.3 is 5.32 Å². The maximum Gasteiger partial charge on any atom is 0.292 e. The van der Waals surface area contributed by atoms with Crippen LogP contribution in [-0.4, -0.2) is 11.0 Å². The van der Waals surface area contributed by atoms with Gasteiger partial charge in [0, 0.05) is 18.5 Å². The van der Waals surface area contributed by atoms with Crippen LogP contribution in [-0.2, 0) is 0 Å². The molecule has 16 heavy (non-hydrogen) atoms. The molecule has 0 spiro atoms. The van der Waals surface area contributed by atoms with Gasteiger partial charge in [-0.1, -0.05) is 12.1 Å². The Hall–Kier alpha value is -2.02. The normalized spacial score (nSPS) is 11.6. The standard InChI is InChI=1S/C12H14N2O2/c1-4-6-10(3)13-12-9(2)7-5-8-11(12)14(15)16/h1,5,7-8,10,13H,6H2,2-3H3. The van der Waals surface area contributed by atoms with Crippen molar-refractivity contribution >= 4 is 11.4 Å². The smallest absolute Gasteiger partial charge is 0.292 e. The second-order valence-corrected chi connectivity index (χ2v) is 3.68. The van der Waals surface area contributed by atoms with Crippen molar-refractivity contribution in [1.29, 1.82) is 0 Å². The summed E-state index contributed by atoms with van der Waals surface area (Å²) in [5.41, 5.74) is 1.48. The van der Waals surface area contributed by atoms with E-state index in [1.165, 1.54) is 6.07 Å². The highest BCUT2D eigenvalue weighted by molar-refractivity contribution is 5.66. The Bertz CT molecular complexity index is 435. The number of benzene rings is 1.